The number of ether oxygens (including phenoxy) is 1. The minimum Gasteiger partial charge on any atom is -0.491 e. The van der Waals surface area contributed by atoms with Crippen molar-refractivity contribution in [3.63, 3.8) is 0 Å². The van der Waals surface area contributed by atoms with Crippen molar-refractivity contribution in [3.8, 4) is 5.75 Å². The van der Waals surface area contributed by atoms with Gasteiger partial charge in [0.1, 0.15) is 12.4 Å². The Kier molecular flexibility index (Phi) is 6.00. The zero-order chi connectivity index (χ0) is 11.8. The molecule has 0 aliphatic rings. The monoisotopic (exact) mass is 245 g/mol. The fourth-order valence-electron chi connectivity index (χ4n) is 1.12. The first kappa shape index (κ1) is 13.1. The summed E-state index contributed by atoms with van der Waals surface area (Å²) < 4.78 is 5.21. The maximum absolute atomic E-state index is 9.24. The lowest BCUT2D eigenvalue weighted by atomic mass is 10.3. The minimum atomic E-state index is -0.549. The first-order valence-electron chi connectivity index (χ1n) is 5.08. The number of nitrogens with one attached hydrogen (secondary N) is 1. The van der Waals surface area contributed by atoms with Gasteiger partial charge in [-0.2, -0.15) is 0 Å². The third-order valence-corrected chi connectivity index (χ3v) is 2.29. The van der Waals surface area contributed by atoms with Crippen LogP contribution in [-0.4, -0.2) is 42.0 Å². The molecule has 0 bridgehead atoms. The van der Waals surface area contributed by atoms with Crippen LogP contribution in [0.1, 0.15) is 0 Å². The number of halogens is 1. The van der Waals surface area contributed by atoms with Crippen molar-refractivity contribution in [3.05, 3.63) is 24.3 Å². The van der Waals surface area contributed by atoms with E-state index < -0.39 is 6.10 Å². The van der Waals surface area contributed by atoms with Crippen molar-refractivity contribution in [1.82, 2.24) is 0 Å². The number of hydrogen-bond donors (Lipinski definition) is 3. The molecule has 0 radical (unpaired) electrons. The van der Waals surface area contributed by atoms with Gasteiger partial charge in [0.05, 0.1) is 18.6 Å². The fraction of sp³-hybridized carbons (Fsp3) is 0.455. The lowest BCUT2D eigenvalue weighted by Gasteiger charge is -2.10. The zero-order valence-corrected chi connectivity index (χ0v) is 9.65. The molecule has 4 nitrogen and oxygen atoms in total. The van der Waals surface area contributed by atoms with E-state index in [1.54, 1.807) is 12.1 Å². The Morgan fingerprint density at radius 2 is 2.00 bits per heavy atom. The number of anilines is 1. The lowest BCUT2D eigenvalue weighted by Crippen LogP contribution is -2.20. The van der Waals surface area contributed by atoms with E-state index in [4.69, 9.17) is 21.4 Å². The Labute approximate surface area is 99.8 Å². The summed E-state index contributed by atoms with van der Waals surface area (Å²) in [6.45, 7) is 0.708. The molecule has 1 atom stereocenters. The van der Waals surface area contributed by atoms with Crippen LogP contribution in [0.15, 0.2) is 24.3 Å². The van der Waals surface area contributed by atoms with Crippen LogP contribution < -0.4 is 10.1 Å². The highest BCUT2D eigenvalue weighted by Crippen LogP contribution is 2.15. The molecule has 0 aliphatic heterocycles. The van der Waals surface area contributed by atoms with Crippen LogP contribution in [0.4, 0.5) is 5.69 Å². The van der Waals surface area contributed by atoms with Crippen molar-refractivity contribution in [1.29, 1.82) is 0 Å². The van der Waals surface area contributed by atoms with Crippen LogP contribution in [0, 0.1) is 0 Å². The lowest BCUT2D eigenvalue weighted by molar-refractivity contribution is 0.201. The molecular weight excluding hydrogens is 230 g/mol. The minimum absolute atomic E-state index is 0.00190. The Hall–Kier alpha value is -0.970. The van der Waals surface area contributed by atoms with Crippen LogP contribution in [0.25, 0.3) is 0 Å². The second-order valence-corrected chi connectivity index (χ2v) is 3.59. The molecule has 0 saturated carbocycles. The summed E-state index contributed by atoms with van der Waals surface area (Å²) in [6, 6.07) is 7.28. The van der Waals surface area contributed by atoms with E-state index in [9.17, 15) is 5.11 Å². The van der Waals surface area contributed by atoms with E-state index in [0.717, 1.165) is 5.69 Å². The summed E-state index contributed by atoms with van der Waals surface area (Å²) in [5.41, 5.74) is 0.889. The number of benzene rings is 1. The van der Waals surface area contributed by atoms with E-state index >= 15 is 0 Å². The van der Waals surface area contributed by atoms with E-state index in [-0.39, 0.29) is 19.1 Å². The molecular formula is C11H16ClNO3. The molecule has 3 N–H and O–H groups in total. The summed E-state index contributed by atoms with van der Waals surface area (Å²) in [7, 11) is 0. The largest absolute Gasteiger partial charge is 0.491 e. The van der Waals surface area contributed by atoms with Crippen LogP contribution in [-0.2, 0) is 0 Å². The molecule has 0 fully saturated rings. The molecule has 1 aromatic carbocycles. The van der Waals surface area contributed by atoms with E-state index in [0.29, 0.717) is 12.3 Å². The van der Waals surface area contributed by atoms with Crippen molar-refractivity contribution in [2.45, 2.75) is 6.10 Å². The molecule has 0 saturated heterocycles. The van der Waals surface area contributed by atoms with Crippen LogP contribution in [0.2, 0.25) is 0 Å². The molecule has 0 spiro atoms. The molecule has 5 heteroatoms. The third-order valence-electron chi connectivity index (χ3n) is 1.93. The quantitative estimate of drug-likeness (QED) is 0.629. The standard InChI is InChI=1S/C11H16ClNO3/c12-7-10(15)8-13-9-1-3-11(4-2-9)16-6-5-14/h1-4,10,13-15H,5-8H2. The van der Waals surface area contributed by atoms with Gasteiger partial charge in [0.15, 0.2) is 0 Å². The maximum atomic E-state index is 9.24. The van der Waals surface area contributed by atoms with Gasteiger partial charge >= 0.3 is 0 Å². The summed E-state index contributed by atoms with van der Waals surface area (Å²) in [6.07, 6.45) is -0.549. The van der Waals surface area contributed by atoms with E-state index in [2.05, 4.69) is 5.32 Å². The molecule has 90 valence electrons. The average Bonchev–Trinajstić information content (AvgIpc) is 2.34. The first-order chi connectivity index (χ1) is 7.76. The van der Waals surface area contributed by atoms with Crippen molar-refractivity contribution in [2.24, 2.45) is 0 Å². The smallest absolute Gasteiger partial charge is 0.119 e. The molecule has 0 aromatic heterocycles. The zero-order valence-electron chi connectivity index (χ0n) is 8.90. The summed E-state index contributed by atoms with van der Waals surface area (Å²) in [5, 5.41) is 20.9. The molecule has 0 heterocycles. The number of aliphatic hydroxyl groups excluding tert-OH is 2. The van der Waals surface area contributed by atoms with Gasteiger partial charge in [-0.25, -0.2) is 0 Å². The molecule has 16 heavy (non-hydrogen) atoms. The fourth-order valence-corrected chi connectivity index (χ4v) is 1.23. The third kappa shape index (κ3) is 4.70. The number of hydrogen-bond acceptors (Lipinski definition) is 4. The highest BCUT2D eigenvalue weighted by molar-refractivity contribution is 6.18. The van der Waals surface area contributed by atoms with Crippen LogP contribution >= 0.6 is 11.6 Å². The number of aliphatic hydroxyl groups is 2. The average molecular weight is 246 g/mol. The second-order valence-electron chi connectivity index (χ2n) is 3.29. The van der Waals surface area contributed by atoms with Gasteiger partial charge in [-0.1, -0.05) is 0 Å². The predicted octanol–water partition coefficient (Wildman–Crippen LogP) is 1.07. The Bertz CT molecular complexity index is 292. The summed E-state index contributed by atoms with van der Waals surface area (Å²) >= 11 is 5.47. The molecule has 1 rings (SSSR count). The van der Waals surface area contributed by atoms with Gasteiger partial charge in [0.25, 0.3) is 0 Å². The van der Waals surface area contributed by atoms with Gasteiger partial charge < -0.3 is 20.3 Å². The maximum Gasteiger partial charge on any atom is 0.119 e. The molecule has 1 unspecified atom stereocenters. The highest BCUT2D eigenvalue weighted by Gasteiger charge is 2.01. The van der Waals surface area contributed by atoms with Crippen LogP contribution in [0.3, 0.4) is 0 Å². The van der Waals surface area contributed by atoms with Crippen LogP contribution in [0.5, 0.6) is 5.75 Å². The molecule has 1 aromatic rings. The number of rotatable bonds is 7. The first-order valence-corrected chi connectivity index (χ1v) is 5.61. The molecule has 0 amide bonds. The molecule has 0 aliphatic carbocycles. The SMILES string of the molecule is OCCOc1ccc(NCC(O)CCl)cc1. The van der Waals surface area contributed by atoms with Crippen molar-refractivity contribution >= 4 is 17.3 Å². The van der Waals surface area contributed by atoms with Gasteiger partial charge in [0, 0.05) is 12.2 Å². The highest BCUT2D eigenvalue weighted by atomic mass is 35.5. The predicted molar refractivity (Wildman–Crippen MR) is 64.2 cm³/mol. The van der Waals surface area contributed by atoms with Gasteiger partial charge in [-0.3, -0.25) is 0 Å². The Balaban J connectivity index is 2.38. The second kappa shape index (κ2) is 7.33. The van der Waals surface area contributed by atoms with Gasteiger partial charge in [-0.15, -0.1) is 11.6 Å². The summed E-state index contributed by atoms with van der Waals surface area (Å²) in [5.74, 6) is 0.919. The topological polar surface area (TPSA) is 61.7 Å². The normalized spacial score (nSPS) is 12.2. The van der Waals surface area contributed by atoms with Gasteiger partial charge in [-0.05, 0) is 24.3 Å². The van der Waals surface area contributed by atoms with Crippen molar-refractivity contribution < 1.29 is 14.9 Å². The van der Waals surface area contributed by atoms with Crippen molar-refractivity contribution in [2.75, 3.05) is 31.0 Å². The number of alkyl halides is 1. The summed E-state index contributed by atoms with van der Waals surface area (Å²) in [4.78, 5) is 0. The Morgan fingerprint density at radius 1 is 1.31 bits per heavy atom. The van der Waals surface area contributed by atoms with Gasteiger partial charge in [0.2, 0.25) is 0 Å². The Morgan fingerprint density at radius 3 is 2.56 bits per heavy atom. The van der Waals surface area contributed by atoms with E-state index in [1.165, 1.54) is 0 Å². The van der Waals surface area contributed by atoms with E-state index in [1.807, 2.05) is 12.1 Å².